The van der Waals surface area contributed by atoms with E-state index < -0.39 is 53.3 Å². The van der Waals surface area contributed by atoms with Crippen molar-refractivity contribution >= 4 is 29.5 Å². The van der Waals surface area contributed by atoms with Gasteiger partial charge in [-0.05, 0) is 50.3 Å². The van der Waals surface area contributed by atoms with Crippen molar-refractivity contribution in [2.24, 2.45) is 17.6 Å². The van der Waals surface area contributed by atoms with Gasteiger partial charge in [-0.1, -0.05) is 37.2 Å². The summed E-state index contributed by atoms with van der Waals surface area (Å²) in [6, 6.07) is 5.28. The van der Waals surface area contributed by atoms with Crippen LogP contribution in [0.2, 0.25) is 0 Å². The van der Waals surface area contributed by atoms with Crippen LogP contribution in [0.4, 0.5) is 4.39 Å². The number of benzene rings is 1. The number of nitrogens with two attached hydrogens (primary N) is 1. The maximum atomic E-state index is 13.5. The largest absolute Gasteiger partial charge is 0.463 e. The second-order valence-electron chi connectivity index (χ2n) is 9.95. The summed E-state index contributed by atoms with van der Waals surface area (Å²) in [4.78, 5) is 62.9. The number of amides is 3. The average molecular weight is 573 g/mol. The second-order valence-corrected chi connectivity index (χ2v) is 9.95. The van der Waals surface area contributed by atoms with Crippen LogP contribution in [0.15, 0.2) is 47.0 Å². The summed E-state index contributed by atoms with van der Waals surface area (Å²) in [5.74, 6) is -4.00. The summed E-state index contributed by atoms with van der Waals surface area (Å²) >= 11 is 0. The Morgan fingerprint density at radius 2 is 1.80 bits per heavy atom. The van der Waals surface area contributed by atoms with Crippen molar-refractivity contribution in [3.63, 3.8) is 0 Å². The van der Waals surface area contributed by atoms with Crippen molar-refractivity contribution in [2.75, 3.05) is 6.61 Å². The van der Waals surface area contributed by atoms with Crippen molar-refractivity contribution in [1.82, 2.24) is 15.8 Å². The number of esters is 1. The number of hydrogen-bond acceptors (Lipinski definition) is 8. The summed E-state index contributed by atoms with van der Waals surface area (Å²) in [6.07, 6.45) is 2.41. The Balaban J connectivity index is 2.28. The third-order valence-electron chi connectivity index (χ3n) is 6.16. The number of aromatic nitrogens is 1. The molecular formula is C29H37FN4O7. The van der Waals surface area contributed by atoms with Crippen LogP contribution in [0.1, 0.15) is 61.8 Å². The van der Waals surface area contributed by atoms with E-state index in [1.54, 1.807) is 27.7 Å². The zero-order valence-electron chi connectivity index (χ0n) is 23.6. The van der Waals surface area contributed by atoms with Crippen molar-refractivity contribution in [2.45, 2.75) is 65.5 Å². The van der Waals surface area contributed by atoms with Crippen LogP contribution in [0.3, 0.4) is 0 Å². The van der Waals surface area contributed by atoms with Gasteiger partial charge in [0.25, 0.3) is 5.91 Å². The molecule has 0 aliphatic carbocycles. The van der Waals surface area contributed by atoms with E-state index in [1.165, 1.54) is 36.4 Å². The third-order valence-corrected chi connectivity index (χ3v) is 6.16. The first-order valence-electron chi connectivity index (χ1n) is 13.3. The molecule has 0 radical (unpaired) electrons. The quantitative estimate of drug-likeness (QED) is 0.203. The van der Waals surface area contributed by atoms with E-state index in [2.05, 4.69) is 15.8 Å². The molecule has 3 amide bonds. The highest BCUT2D eigenvalue weighted by atomic mass is 19.1. The summed E-state index contributed by atoms with van der Waals surface area (Å²) in [5, 5.41) is 9.12. The number of ether oxygens (including phenoxy) is 1. The normalized spacial score (nSPS) is 13.4. The summed E-state index contributed by atoms with van der Waals surface area (Å²) in [7, 11) is 0. The third kappa shape index (κ3) is 11.3. The van der Waals surface area contributed by atoms with Crippen LogP contribution in [0, 0.1) is 24.6 Å². The Labute approximate surface area is 238 Å². The number of nitrogens with one attached hydrogen (secondary N) is 2. The smallest absolute Gasteiger partial charge is 0.330 e. The van der Waals surface area contributed by atoms with Gasteiger partial charge in [0.2, 0.25) is 11.8 Å². The highest BCUT2D eigenvalue weighted by molar-refractivity contribution is 5.97. The predicted octanol–water partition coefficient (Wildman–Crippen LogP) is 2.56. The lowest BCUT2D eigenvalue weighted by Gasteiger charge is -2.25. The summed E-state index contributed by atoms with van der Waals surface area (Å²) in [5.41, 5.74) is 5.90. The van der Waals surface area contributed by atoms with Crippen molar-refractivity contribution < 1.29 is 37.6 Å². The van der Waals surface area contributed by atoms with Gasteiger partial charge in [0.15, 0.2) is 11.5 Å². The molecule has 41 heavy (non-hydrogen) atoms. The van der Waals surface area contributed by atoms with Crippen molar-refractivity contribution in [1.29, 1.82) is 0 Å². The molecule has 0 fully saturated rings. The molecule has 0 saturated heterocycles. The van der Waals surface area contributed by atoms with E-state index in [-0.39, 0.29) is 43.9 Å². The molecule has 4 N–H and O–H groups in total. The zero-order valence-corrected chi connectivity index (χ0v) is 23.6. The number of hydrogen-bond donors (Lipinski definition) is 3. The Bertz CT molecular complexity index is 1240. The first-order valence-corrected chi connectivity index (χ1v) is 13.3. The van der Waals surface area contributed by atoms with E-state index >= 15 is 0 Å². The van der Waals surface area contributed by atoms with Crippen LogP contribution >= 0.6 is 0 Å². The SMILES string of the molecule is CCOC(=O)C=C[C@H](CCC(N)=O)NC(=O)[C@@H](CC(=O)[C@@H](NC(=O)c1cc(C)on1)C(C)C)Cc1ccc(F)cc1. The van der Waals surface area contributed by atoms with Gasteiger partial charge in [-0.3, -0.25) is 19.2 Å². The predicted molar refractivity (Wildman–Crippen MR) is 147 cm³/mol. The number of ketones is 1. The Morgan fingerprint density at radius 3 is 2.37 bits per heavy atom. The molecule has 12 heteroatoms. The van der Waals surface area contributed by atoms with Crippen LogP contribution in [0.25, 0.3) is 0 Å². The number of halogens is 1. The molecule has 1 heterocycles. The molecule has 2 rings (SSSR count). The van der Waals surface area contributed by atoms with Gasteiger partial charge >= 0.3 is 5.97 Å². The first-order chi connectivity index (χ1) is 19.4. The number of nitrogens with zero attached hydrogens (tertiary/aromatic N) is 1. The number of rotatable bonds is 16. The summed E-state index contributed by atoms with van der Waals surface area (Å²) in [6.45, 7) is 6.95. The second kappa shape index (κ2) is 16.0. The zero-order chi connectivity index (χ0) is 30.5. The maximum Gasteiger partial charge on any atom is 0.330 e. The van der Waals surface area contributed by atoms with Crippen LogP contribution in [-0.2, 0) is 30.3 Å². The van der Waals surface area contributed by atoms with Gasteiger partial charge in [0.05, 0.1) is 12.6 Å². The molecule has 0 unspecified atom stereocenters. The fourth-order valence-electron chi connectivity index (χ4n) is 4.04. The van der Waals surface area contributed by atoms with E-state index in [1.807, 2.05) is 0 Å². The minimum atomic E-state index is -0.933. The number of carbonyl (C=O) groups excluding carboxylic acids is 5. The molecular weight excluding hydrogens is 535 g/mol. The lowest BCUT2D eigenvalue weighted by Crippen LogP contribution is -2.47. The molecule has 1 aromatic carbocycles. The van der Waals surface area contributed by atoms with Crippen LogP contribution < -0.4 is 16.4 Å². The Morgan fingerprint density at radius 1 is 1.12 bits per heavy atom. The van der Waals surface area contributed by atoms with E-state index in [9.17, 15) is 28.4 Å². The van der Waals surface area contributed by atoms with Gasteiger partial charge in [-0.15, -0.1) is 0 Å². The van der Waals surface area contributed by atoms with Gasteiger partial charge in [0, 0.05) is 36.9 Å². The van der Waals surface area contributed by atoms with Gasteiger partial charge in [0.1, 0.15) is 11.6 Å². The molecule has 222 valence electrons. The number of aryl methyl sites for hydroxylation is 1. The Hall–Kier alpha value is -4.35. The molecule has 0 aliphatic heterocycles. The molecule has 2 aromatic rings. The Kier molecular flexibility index (Phi) is 12.9. The minimum absolute atomic E-state index is 0.0206. The van der Waals surface area contributed by atoms with Crippen molar-refractivity contribution in [3.05, 3.63) is 65.3 Å². The lowest BCUT2D eigenvalue weighted by atomic mass is 9.88. The maximum absolute atomic E-state index is 13.5. The molecule has 3 atom stereocenters. The van der Waals surface area contributed by atoms with Gasteiger partial charge < -0.3 is 25.6 Å². The minimum Gasteiger partial charge on any atom is -0.463 e. The van der Waals surface area contributed by atoms with E-state index in [4.69, 9.17) is 15.0 Å². The first kappa shape index (κ1) is 32.9. The average Bonchev–Trinajstić information content (AvgIpc) is 3.35. The summed E-state index contributed by atoms with van der Waals surface area (Å²) < 4.78 is 23.3. The van der Waals surface area contributed by atoms with Crippen LogP contribution in [-0.4, -0.2) is 53.3 Å². The molecule has 0 bridgehead atoms. The fraction of sp³-hybridized carbons (Fsp3) is 0.448. The van der Waals surface area contributed by atoms with E-state index in [0.717, 1.165) is 6.08 Å². The fourth-order valence-corrected chi connectivity index (χ4v) is 4.04. The van der Waals surface area contributed by atoms with Gasteiger partial charge in [-0.25, -0.2) is 9.18 Å². The molecule has 0 spiro atoms. The van der Waals surface area contributed by atoms with Crippen molar-refractivity contribution in [3.8, 4) is 0 Å². The standard InChI is InChI=1S/C29H37FN4O7/c1-5-40-26(37)13-11-22(10-12-25(31)36)32-28(38)20(15-19-6-8-21(30)9-7-19)16-24(35)27(17(2)3)33-29(39)23-14-18(4)41-34-23/h6-9,11,13-14,17,20,22,27H,5,10,12,15-16H2,1-4H3,(H2,31,36)(H,32,38)(H,33,39)/t20-,22+,27+/m1/s1. The van der Waals surface area contributed by atoms with Crippen LogP contribution in [0.5, 0.6) is 0 Å². The highest BCUT2D eigenvalue weighted by Crippen LogP contribution is 2.18. The van der Waals surface area contributed by atoms with Gasteiger partial charge in [-0.2, -0.15) is 0 Å². The molecule has 1 aromatic heterocycles. The monoisotopic (exact) mass is 572 g/mol. The molecule has 0 aliphatic rings. The highest BCUT2D eigenvalue weighted by Gasteiger charge is 2.31. The molecule has 11 nitrogen and oxygen atoms in total. The number of carbonyl (C=O) groups is 5. The number of primary amides is 1. The topological polar surface area (TPSA) is 171 Å². The molecule has 0 saturated carbocycles. The lowest BCUT2D eigenvalue weighted by molar-refractivity contribution is -0.137. The number of Topliss-reactive ketones (excluding diaryl/α,β-unsaturated/α-hetero) is 1. The van der Waals surface area contributed by atoms with E-state index in [0.29, 0.717) is 11.3 Å².